The SMILES string of the molecule is CC(C)[C@H](c1nnnn1CCc1ccccc1)[NH+]1CC[NH+](C)CC1. The minimum absolute atomic E-state index is 0.379. The van der Waals surface area contributed by atoms with E-state index in [0.717, 1.165) is 18.8 Å². The molecule has 0 unspecified atom stereocenters. The van der Waals surface area contributed by atoms with Crippen molar-refractivity contribution in [3.8, 4) is 0 Å². The molecule has 0 saturated carbocycles. The lowest BCUT2D eigenvalue weighted by Crippen LogP contribution is -3.27. The van der Waals surface area contributed by atoms with Gasteiger partial charge in [0.25, 0.3) is 0 Å². The largest absolute Gasteiger partial charge is 0.328 e. The van der Waals surface area contributed by atoms with Gasteiger partial charge in [-0.05, 0) is 22.4 Å². The first kappa shape index (κ1) is 17.0. The number of benzene rings is 1. The highest BCUT2D eigenvalue weighted by molar-refractivity contribution is 5.14. The summed E-state index contributed by atoms with van der Waals surface area (Å²) in [6.45, 7) is 10.3. The van der Waals surface area contributed by atoms with Crippen LogP contribution in [0.2, 0.25) is 0 Å². The zero-order valence-electron chi connectivity index (χ0n) is 15.1. The van der Waals surface area contributed by atoms with Crippen LogP contribution in [0.25, 0.3) is 0 Å². The maximum Gasteiger partial charge on any atom is 0.209 e. The fraction of sp³-hybridized carbons (Fsp3) is 0.611. The number of nitrogens with zero attached hydrogens (tertiary/aromatic N) is 4. The van der Waals surface area contributed by atoms with Crippen molar-refractivity contribution in [2.24, 2.45) is 5.92 Å². The maximum absolute atomic E-state index is 4.42. The third kappa shape index (κ3) is 3.99. The zero-order chi connectivity index (χ0) is 16.9. The van der Waals surface area contributed by atoms with E-state index in [2.05, 4.69) is 66.8 Å². The van der Waals surface area contributed by atoms with Gasteiger partial charge in [-0.1, -0.05) is 44.2 Å². The van der Waals surface area contributed by atoms with E-state index in [0.29, 0.717) is 12.0 Å². The molecule has 6 heteroatoms. The van der Waals surface area contributed by atoms with Crippen molar-refractivity contribution < 1.29 is 9.80 Å². The summed E-state index contributed by atoms with van der Waals surface area (Å²) in [6, 6.07) is 10.9. The van der Waals surface area contributed by atoms with Gasteiger partial charge >= 0.3 is 0 Å². The van der Waals surface area contributed by atoms with Gasteiger partial charge in [0, 0.05) is 12.5 Å². The van der Waals surface area contributed by atoms with Crippen molar-refractivity contribution in [3.63, 3.8) is 0 Å². The molecule has 0 aliphatic carbocycles. The first-order valence-electron chi connectivity index (χ1n) is 9.11. The van der Waals surface area contributed by atoms with Crippen LogP contribution >= 0.6 is 0 Å². The van der Waals surface area contributed by atoms with Crippen molar-refractivity contribution in [2.75, 3.05) is 33.2 Å². The van der Waals surface area contributed by atoms with E-state index in [1.165, 1.54) is 31.7 Å². The number of piperazine rings is 1. The predicted octanol–water partition coefficient (Wildman–Crippen LogP) is -0.974. The highest BCUT2D eigenvalue weighted by Gasteiger charge is 2.35. The second-order valence-corrected chi connectivity index (χ2v) is 7.33. The molecule has 1 saturated heterocycles. The molecular formula is C18H30N6+2. The van der Waals surface area contributed by atoms with Crippen LogP contribution in [0.4, 0.5) is 0 Å². The molecule has 130 valence electrons. The molecule has 2 aromatic rings. The molecule has 0 radical (unpaired) electrons. The van der Waals surface area contributed by atoms with Crippen LogP contribution in [0, 0.1) is 5.92 Å². The third-order valence-corrected chi connectivity index (χ3v) is 5.15. The number of tetrazole rings is 1. The summed E-state index contributed by atoms with van der Waals surface area (Å²) in [7, 11) is 2.28. The number of rotatable bonds is 6. The van der Waals surface area contributed by atoms with E-state index >= 15 is 0 Å². The van der Waals surface area contributed by atoms with Crippen LogP contribution in [0.1, 0.15) is 31.3 Å². The smallest absolute Gasteiger partial charge is 0.209 e. The summed E-state index contributed by atoms with van der Waals surface area (Å²) in [5.74, 6) is 1.58. The summed E-state index contributed by atoms with van der Waals surface area (Å²) in [6.07, 6.45) is 0.964. The molecule has 3 rings (SSSR count). The maximum atomic E-state index is 4.42. The van der Waals surface area contributed by atoms with Gasteiger partial charge in [-0.15, -0.1) is 5.10 Å². The van der Waals surface area contributed by atoms with E-state index in [1.54, 1.807) is 9.80 Å². The molecule has 0 amide bonds. The summed E-state index contributed by atoms with van der Waals surface area (Å²) in [4.78, 5) is 3.26. The van der Waals surface area contributed by atoms with Gasteiger partial charge in [0.2, 0.25) is 5.82 Å². The zero-order valence-corrected chi connectivity index (χ0v) is 15.1. The van der Waals surface area contributed by atoms with Crippen LogP contribution in [-0.2, 0) is 13.0 Å². The van der Waals surface area contributed by atoms with Crippen LogP contribution in [-0.4, -0.2) is 53.4 Å². The van der Waals surface area contributed by atoms with Gasteiger partial charge in [-0.25, -0.2) is 4.68 Å². The monoisotopic (exact) mass is 330 g/mol. The van der Waals surface area contributed by atoms with E-state index in [1.807, 2.05) is 4.68 Å². The van der Waals surface area contributed by atoms with E-state index in [-0.39, 0.29) is 0 Å². The molecular weight excluding hydrogens is 300 g/mol. The Morgan fingerprint density at radius 2 is 1.79 bits per heavy atom. The van der Waals surface area contributed by atoms with Crippen LogP contribution < -0.4 is 9.80 Å². The van der Waals surface area contributed by atoms with Gasteiger partial charge < -0.3 is 9.80 Å². The molecule has 2 N–H and O–H groups in total. The van der Waals surface area contributed by atoms with Gasteiger partial charge in [-0.3, -0.25) is 0 Å². The number of nitrogens with one attached hydrogen (secondary N) is 2. The second-order valence-electron chi connectivity index (χ2n) is 7.33. The Balaban J connectivity index is 1.73. The first-order valence-corrected chi connectivity index (χ1v) is 9.11. The van der Waals surface area contributed by atoms with Crippen molar-refractivity contribution >= 4 is 0 Å². The number of aromatic nitrogens is 4. The Labute approximate surface area is 144 Å². The average Bonchev–Trinajstić information content (AvgIpc) is 3.04. The molecule has 24 heavy (non-hydrogen) atoms. The third-order valence-electron chi connectivity index (χ3n) is 5.15. The van der Waals surface area contributed by atoms with Crippen molar-refractivity contribution in [2.45, 2.75) is 32.9 Å². The molecule has 1 aliphatic rings. The summed E-state index contributed by atoms with van der Waals surface area (Å²) in [5, 5.41) is 12.7. The topological polar surface area (TPSA) is 52.5 Å². The second kappa shape index (κ2) is 7.85. The Hall–Kier alpha value is -1.79. The van der Waals surface area contributed by atoms with Crippen molar-refractivity contribution in [1.82, 2.24) is 20.2 Å². The Morgan fingerprint density at radius 3 is 2.46 bits per heavy atom. The lowest BCUT2D eigenvalue weighted by molar-refractivity contribution is -1.02. The van der Waals surface area contributed by atoms with Gasteiger partial charge in [0.05, 0.1) is 7.05 Å². The van der Waals surface area contributed by atoms with E-state index < -0.39 is 0 Å². The molecule has 1 atom stereocenters. The molecule has 0 spiro atoms. The minimum Gasteiger partial charge on any atom is -0.328 e. The Kier molecular flexibility index (Phi) is 5.58. The molecule has 1 aromatic carbocycles. The van der Waals surface area contributed by atoms with Crippen LogP contribution in [0.5, 0.6) is 0 Å². The molecule has 1 fully saturated rings. The molecule has 1 aliphatic heterocycles. The fourth-order valence-corrected chi connectivity index (χ4v) is 3.73. The van der Waals surface area contributed by atoms with Gasteiger partial charge in [-0.2, -0.15) is 0 Å². The van der Waals surface area contributed by atoms with Gasteiger partial charge in [0.1, 0.15) is 26.2 Å². The Bertz CT molecular complexity index is 615. The first-order chi connectivity index (χ1) is 11.6. The Morgan fingerprint density at radius 1 is 1.08 bits per heavy atom. The molecule has 1 aromatic heterocycles. The fourth-order valence-electron chi connectivity index (χ4n) is 3.73. The normalized spacial score (nSPS) is 22.7. The lowest BCUT2D eigenvalue weighted by Gasteiger charge is -2.34. The average molecular weight is 330 g/mol. The van der Waals surface area contributed by atoms with E-state index in [4.69, 9.17) is 0 Å². The number of hydrogen-bond acceptors (Lipinski definition) is 3. The standard InChI is InChI=1S/C18H28N6/c1-15(2)17(23-13-11-22(3)12-14-23)18-19-20-21-24(18)10-9-16-7-5-4-6-8-16/h4-8,15,17H,9-14H2,1-3H3/p+2/t17-/m1/s1. The molecule has 2 heterocycles. The van der Waals surface area contributed by atoms with Gasteiger partial charge in [0.15, 0.2) is 6.04 Å². The summed E-state index contributed by atoms with van der Waals surface area (Å²) in [5.41, 5.74) is 1.33. The van der Waals surface area contributed by atoms with Crippen molar-refractivity contribution in [1.29, 1.82) is 0 Å². The summed E-state index contributed by atoms with van der Waals surface area (Å²) >= 11 is 0. The summed E-state index contributed by atoms with van der Waals surface area (Å²) < 4.78 is 2.02. The predicted molar refractivity (Wildman–Crippen MR) is 92.9 cm³/mol. The van der Waals surface area contributed by atoms with Crippen LogP contribution in [0.15, 0.2) is 30.3 Å². The molecule has 6 nitrogen and oxygen atoms in total. The highest BCUT2D eigenvalue weighted by Crippen LogP contribution is 2.16. The highest BCUT2D eigenvalue weighted by atomic mass is 15.6. The molecule has 0 bridgehead atoms. The lowest BCUT2D eigenvalue weighted by atomic mass is 10.0. The number of hydrogen-bond donors (Lipinski definition) is 2. The number of quaternary nitrogens is 2. The van der Waals surface area contributed by atoms with Crippen molar-refractivity contribution in [3.05, 3.63) is 41.7 Å². The quantitative estimate of drug-likeness (QED) is 0.716. The van der Waals surface area contributed by atoms with Crippen LogP contribution in [0.3, 0.4) is 0 Å². The number of aryl methyl sites for hydroxylation is 2. The van der Waals surface area contributed by atoms with E-state index in [9.17, 15) is 0 Å². The number of likely N-dealkylation sites (N-methyl/N-ethyl adjacent to an activating group) is 1. The minimum atomic E-state index is 0.379.